The predicted molar refractivity (Wildman–Crippen MR) is 119 cm³/mol. The smallest absolute Gasteiger partial charge is 0.251 e. The monoisotopic (exact) mass is 399 g/mol. The highest BCUT2D eigenvalue weighted by molar-refractivity contribution is 5.98. The van der Waals surface area contributed by atoms with Gasteiger partial charge < -0.3 is 10.1 Å². The van der Waals surface area contributed by atoms with Crippen molar-refractivity contribution in [2.24, 2.45) is 0 Å². The van der Waals surface area contributed by atoms with Gasteiger partial charge in [-0.1, -0.05) is 48.0 Å². The van der Waals surface area contributed by atoms with E-state index in [1.807, 2.05) is 72.4 Å². The maximum absolute atomic E-state index is 12.9. The third-order valence-corrected chi connectivity index (χ3v) is 5.30. The molecule has 4 aromatic rings. The molecule has 1 N–H and O–H groups in total. The van der Waals surface area contributed by atoms with Crippen LogP contribution in [0.25, 0.3) is 10.9 Å². The van der Waals surface area contributed by atoms with Crippen molar-refractivity contribution in [3.8, 4) is 5.75 Å². The second-order valence-corrected chi connectivity index (χ2v) is 7.53. The Balaban J connectivity index is 1.55. The number of nitrogens with one attached hydrogen (secondary N) is 1. The molecule has 0 saturated heterocycles. The van der Waals surface area contributed by atoms with Gasteiger partial charge in [-0.2, -0.15) is 5.10 Å². The van der Waals surface area contributed by atoms with Gasteiger partial charge in [-0.3, -0.25) is 9.48 Å². The van der Waals surface area contributed by atoms with Crippen molar-refractivity contribution >= 4 is 16.8 Å². The molecule has 0 radical (unpaired) electrons. The zero-order valence-electron chi connectivity index (χ0n) is 17.4. The van der Waals surface area contributed by atoms with Gasteiger partial charge in [0, 0.05) is 10.9 Å². The molecular formula is C25H25N3O2. The first-order valence-corrected chi connectivity index (χ1v) is 9.99. The Bertz CT molecular complexity index is 1180. The molecule has 1 heterocycles. The lowest BCUT2D eigenvalue weighted by Crippen LogP contribution is -2.26. The predicted octanol–water partition coefficient (Wildman–Crippen LogP) is 4.89. The van der Waals surface area contributed by atoms with Crippen LogP contribution in [-0.2, 0) is 6.54 Å². The van der Waals surface area contributed by atoms with Gasteiger partial charge in [0.2, 0.25) is 0 Å². The van der Waals surface area contributed by atoms with Crippen LogP contribution in [0.15, 0.2) is 72.9 Å². The molecule has 0 aliphatic carbocycles. The largest absolute Gasteiger partial charge is 0.497 e. The SMILES string of the molecule is COc1cccc(Cn2ncc3ccc(C(=O)NC(C)c4ccc(C)cc4)cc32)c1. The van der Waals surface area contributed by atoms with Crippen molar-refractivity contribution in [3.63, 3.8) is 0 Å². The minimum Gasteiger partial charge on any atom is -0.497 e. The van der Waals surface area contributed by atoms with Crippen molar-refractivity contribution in [2.75, 3.05) is 7.11 Å². The maximum Gasteiger partial charge on any atom is 0.251 e. The summed E-state index contributed by atoms with van der Waals surface area (Å²) in [7, 11) is 1.66. The van der Waals surface area contributed by atoms with E-state index in [0.717, 1.165) is 27.8 Å². The number of carbonyl (C=O) groups excluding carboxylic acids is 1. The molecule has 0 spiro atoms. The average molecular weight is 399 g/mol. The lowest BCUT2D eigenvalue weighted by atomic mass is 10.1. The maximum atomic E-state index is 12.9. The van der Waals surface area contributed by atoms with Crippen LogP contribution >= 0.6 is 0 Å². The summed E-state index contributed by atoms with van der Waals surface area (Å²) in [5.41, 5.74) is 4.91. The van der Waals surface area contributed by atoms with E-state index in [1.165, 1.54) is 5.56 Å². The zero-order chi connectivity index (χ0) is 21.1. The van der Waals surface area contributed by atoms with E-state index in [4.69, 9.17) is 4.74 Å². The minimum absolute atomic E-state index is 0.0736. The van der Waals surface area contributed by atoms with Crippen molar-refractivity contribution < 1.29 is 9.53 Å². The van der Waals surface area contributed by atoms with Crippen LogP contribution in [0.5, 0.6) is 5.75 Å². The van der Waals surface area contributed by atoms with Gasteiger partial charge in [0.25, 0.3) is 5.91 Å². The summed E-state index contributed by atoms with van der Waals surface area (Å²) < 4.78 is 7.22. The fraction of sp³-hybridized carbons (Fsp3) is 0.200. The molecule has 5 nitrogen and oxygen atoms in total. The molecule has 30 heavy (non-hydrogen) atoms. The third-order valence-electron chi connectivity index (χ3n) is 5.30. The average Bonchev–Trinajstić information content (AvgIpc) is 3.16. The van der Waals surface area contributed by atoms with Crippen molar-refractivity contribution in [3.05, 3.63) is 95.2 Å². The topological polar surface area (TPSA) is 56.2 Å². The van der Waals surface area contributed by atoms with Crippen molar-refractivity contribution in [1.29, 1.82) is 0 Å². The number of aryl methyl sites for hydroxylation is 1. The Morgan fingerprint density at radius 2 is 1.90 bits per heavy atom. The lowest BCUT2D eigenvalue weighted by molar-refractivity contribution is 0.0940. The van der Waals surface area contributed by atoms with Crippen molar-refractivity contribution in [2.45, 2.75) is 26.4 Å². The van der Waals surface area contributed by atoms with Gasteiger partial charge in [0.1, 0.15) is 5.75 Å². The molecule has 0 aliphatic heterocycles. The number of amides is 1. The third kappa shape index (κ3) is 4.20. The van der Waals surface area contributed by atoms with E-state index in [-0.39, 0.29) is 11.9 Å². The highest BCUT2D eigenvalue weighted by Crippen LogP contribution is 2.20. The first-order chi connectivity index (χ1) is 14.5. The summed E-state index contributed by atoms with van der Waals surface area (Å²) in [5, 5.41) is 8.60. The van der Waals surface area contributed by atoms with Gasteiger partial charge in [-0.05, 0) is 49.2 Å². The van der Waals surface area contributed by atoms with Crippen LogP contribution in [-0.4, -0.2) is 22.8 Å². The molecule has 152 valence electrons. The molecule has 1 aromatic heterocycles. The van der Waals surface area contributed by atoms with E-state index in [2.05, 4.69) is 29.5 Å². The summed E-state index contributed by atoms with van der Waals surface area (Å²) in [4.78, 5) is 12.9. The van der Waals surface area contributed by atoms with Crippen LogP contribution in [0.1, 0.15) is 40.0 Å². The molecule has 1 unspecified atom stereocenters. The van der Waals surface area contributed by atoms with Gasteiger partial charge in [-0.15, -0.1) is 0 Å². The number of benzene rings is 3. The Labute approximate surface area is 176 Å². The Hall–Kier alpha value is -3.60. The van der Waals surface area contributed by atoms with E-state index < -0.39 is 0 Å². The molecule has 3 aromatic carbocycles. The number of ether oxygens (including phenoxy) is 1. The quantitative estimate of drug-likeness (QED) is 0.502. The zero-order valence-corrected chi connectivity index (χ0v) is 17.4. The normalized spacial score (nSPS) is 12.0. The first kappa shape index (κ1) is 19.7. The van der Waals surface area contributed by atoms with Crippen LogP contribution < -0.4 is 10.1 Å². The van der Waals surface area contributed by atoms with Crippen LogP contribution in [0.4, 0.5) is 0 Å². The molecule has 0 saturated carbocycles. The molecule has 0 fully saturated rings. The number of fused-ring (bicyclic) bond motifs is 1. The number of hydrogen-bond acceptors (Lipinski definition) is 3. The number of nitrogens with zero attached hydrogens (tertiary/aromatic N) is 2. The number of aromatic nitrogens is 2. The molecule has 1 atom stereocenters. The fourth-order valence-electron chi connectivity index (χ4n) is 3.50. The number of rotatable bonds is 6. The van der Waals surface area contributed by atoms with E-state index in [0.29, 0.717) is 12.1 Å². The summed E-state index contributed by atoms with van der Waals surface area (Å²) >= 11 is 0. The molecule has 0 bridgehead atoms. The van der Waals surface area contributed by atoms with Gasteiger partial charge in [0.05, 0.1) is 31.4 Å². The molecule has 0 aliphatic rings. The Kier molecular flexibility index (Phi) is 5.53. The van der Waals surface area contributed by atoms with Gasteiger partial charge in [0.15, 0.2) is 0 Å². The van der Waals surface area contributed by atoms with Crippen LogP contribution in [0.3, 0.4) is 0 Å². The lowest BCUT2D eigenvalue weighted by Gasteiger charge is -2.15. The highest BCUT2D eigenvalue weighted by atomic mass is 16.5. The standard InChI is InChI=1S/C25H25N3O2/c1-17-7-9-20(10-8-17)18(2)27-25(29)21-11-12-22-15-26-28(24(22)14-21)16-19-5-4-6-23(13-19)30-3/h4-15,18H,16H2,1-3H3,(H,27,29). The summed E-state index contributed by atoms with van der Waals surface area (Å²) in [6.45, 7) is 4.65. The number of methoxy groups -OCH3 is 1. The summed E-state index contributed by atoms with van der Waals surface area (Å²) in [6.07, 6.45) is 1.83. The molecule has 4 rings (SSSR count). The number of carbonyl (C=O) groups is 1. The minimum atomic E-state index is -0.0981. The first-order valence-electron chi connectivity index (χ1n) is 9.99. The van der Waals surface area contributed by atoms with Gasteiger partial charge in [-0.25, -0.2) is 0 Å². The van der Waals surface area contributed by atoms with E-state index >= 15 is 0 Å². The fourth-order valence-corrected chi connectivity index (χ4v) is 3.50. The number of hydrogen-bond donors (Lipinski definition) is 1. The van der Waals surface area contributed by atoms with Crippen molar-refractivity contribution in [1.82, 2.24) is 15.1 Å². The van der Waals surface area contributed by atoms with E-state index in [1.54, 1.807) is 7.11 Å². The highest BCUT2D eigenvalue weighted by Gasteiger charge is 2.13. The second-order valence-electron chi connectivity index (χ2n) is 7.53. The Morgan fingerprint density at radius 1 is 1.10 bits per heavy atom. The van der Waals surface area contributed by atoms with Crippen LogP contribution in [0, 0.1) is 6.92 Å². The summed E-state index contributed by atoms with van der Waals surface area (Å²) in [5.74, 6) is 0.716. The second kappa shape index (κ2) is 8.41. The summed E-state index contributed by atoms with van der Waals surface area (Å²) in [6, 6.07) is 21.7. The van der Waals surface area contributed by atoms with E-state index in [9.17, 15) is 4.79 Å². The molecule has 5 heteroatoms. The molecule has 1 amide bonds. The molecular weight excluding hydrogens is 374 g/mol. The van der Waals surface area contributed by atoms with Gasteiger partial charge >= 0.3 is 0 Å². The Morgan fingerprint density at radius 3 is 2.67 bits per heavy atom. The van der Waals surface area contributed by atoms with Crippen LogP contribution in [0.2, 0.25) is 0 Å².